The lowest BCUT2D eigenvalue weighted by molar-refractivity contribution is 0.0602. The van der Waals surface area contributed by atoms with Gasteiger partial charge >= 0.3 is 5.97 Å². The number of esters is 1. The Morgan fingerprint density at radius 2 is 2.05 bits per heavy atom. The molecule has 0 aliphatic carbocycles. The number of hydrogen-bond donors (Lipinski definition) is 1. The van der Waals surface area contributed by atoms with Crippen LogP contribution in [0.3, 0.4) is 0 Å². The highest BCUT2D eigenvalue weighted by atomic mass is 32.2. The first-order chi connectivity index (χ1) is 9.85. The highest BCUT2D eigenvalue weighted by molar-refractivity contribution is 7.93. The summed E-state index contributed by atoms with van der Waals surface area (Å²) < 4.78 is 32.0. The molecule has 0 aliphatic heterocycles. The van der Waals surface area contributed by atoms with Crippen LogP contribution in [0.25, 0.3) is 0 Å². The summed E-state index contributed by atoms with van der Waals surface area (Å²) in [5.74, 6) is -0.470. The van der Waals surface area contributed by atoms with Crippen molar-refractivity contribution in [3.8, 4) is 0 Å². The van der Waals surface area contributed by atoms with Crippen molar-refractivity contribution in [3.05, 3.63) is 39.7 Å². The Morgan fingerprint density at radius 1 is 1.33 bits per heavy atom. The molecule has 0 aliphatic rings. The minimum absolute atomic E-state index is 0.0511. The Balaban J connectivity index is 2.45. The predicted octanol–water partition coefficient (Wildman–Crippen LogP) is 2.35. The van der Waals surface area contributed by atoms with Crippen LogP contribution in [0.5, 0.6) is 0 Å². The van der Waals surface area contributed by atoms with Gasteiger partial charge in [-0.2, -0.15) is 0 Å². The van der Waals surface area contributed by atoms with Crippen molar-refractivity contribution in [2.24, 2.45) is 0 Å². The van der Waals surface area contributed by atoms with Gasteiger partial charge in [-0.25, -0.2) is 18.2 Å². The molecule has 0 unspecified atom stereocenters. The van der Waals surface area contributed by atoms with Crippen molar-refractivity contribution in [1.29, 1.82) is 0 Å². The lowest BCUT2D eigenvalue weighted by Crippen LogP contribution is -2.17. The summed E-state index contributed by atoms with van der Waals surface area (Å²) in [6, 6.07) is 5.00. The molecule has 0 saturated carbocycles. The van der Waals surface area contributed by atoms with Crippen LogP contribution in [-0.4, -0.2) is 26.5 Å². The molecule has 2 aromatic rings. The van der Waals surface area contributed by atoms with Gasteiger partial charge in [-0.3, -0.25) is 4.72 Å². The van der Waals surface area contributed by atoms with E-state index in [9.17, 15) is 13.2 Å². The molecule has 0 saturated heterocycles. The van der Waals surface area contributed by atoms with E-state index in [-0.39, 0.29) is 15.6 Å². The lowest BCUT2D eigenvalue weighted by atomic mass is 10.3. The van der Waals surface area contributed by atoms with E-state index in [4.69, 9.17) is 0 Å². The van der Waals surface area contributed by atoms with Crippen LogP contribution >= 0.6 is 11.3 Å². The van der Waals surface area contributed by atoms with Crippen molar-refractivity contribution < 1.29 is 17.9 Å². The number of nitrogens with zero attached hydrogens (tertiary/aromatic N) is 1. The summed E-state index contributed by atoms with van der Waals surface area (Å²) in [6.45, 7) is 3.38. The molecule has 1 N–H and O–H groups in total. The first-order valence-corrected chi connectivity index (χ1v) is 8.34. The normalized spacial score (nSPS) is 11.2. The highest BCUT2D eigenvalue weighted by Crippen LogP contribution is 2.28. The van der Waals surface area contributed by atoms with Crippen LogP contribution < -0.4 is 4.72 Å². The number of anilines is 1. The van der Waals surface area contributed by atoms with Crippen LogP contribution in [0.4, 0.5) is 5.82 Å². The molecule has 112 valence electrons. The number of aromatic nitrogens is 1. The molecule has 0 spiro atoms. The summed E-state index contributed by atoms with van der Waals surface area (Å²) in [5, 5.41) is 1.60. The van der Waals surface area contributed by atoms with E-state index in [1.165, 1.54) is 7.11 Å². The van der Waals surface area contributed by atoms with E-state index in [0.717, 1.165) is 11.3 Å². The third-order valence-corrected chi connectivity index (χ3v) is 5.43. The van der Waals surface area contributed by atoms with E-state index in [2.05, 4.69) is 14.4 Å². The Hall–Kier alpha value is -1.93. The van der Waals surface area contributed by atoms with E-state index >= 15 is 0 Å². The van der Waals surface area contributed by atoms with Crippen LogP contribution in [-0.2, 0) is 14.8 Å². The van der Waals surface area contributed by atoms with Gasteiger partial charge in [-0.15, -0.1) is 11.3 Å². The maximum Gasteiger partial charge on any atom is 0.349 e. The maximum atomic E-state index is 12.5. The number of pyridine rings is 1. The molecule has 0 fully saturated rings. The maximum absolute atomic E-state index is 12.5. The fourth-order valence-corrected chi connectivity index (χ4v) is 4.50. The fraction of sp³-hybridized carbons (Fsp3) is 0.231. The number of carbonyl (C=O) groups excluding carboxylic acids is 1. The average molecular weight is 326 g/mol. The smallest absolute Gasteiger partial charge is 0.349 e. The largest absolute Gasteiger partial charge is 0.465 e. The van der Waals surface area contributed by atoms with Gasteiger partial charge in [0.15, 0.2) is 0 Å². The van der Waals surface area contributed by atoms with Crippen molar-refractivity contribution in [1.82, 2.24) is 4.98 Å². The molecule has 6 nitrogen and oxygen atoms in total. The van der Waals surface area contributed by atoms with Crippen LogP contribution in [0, 0.1) is 13.8 Å². The molecule has 0 bridgehead atoms. The van der Waals surface area contributed by atoms with Gasteiger partial charge in [-0.05, 0) is 36.9 Å². The van der Waals surface area contributed by atoms with Crippen molar-refractivity contribution in [3.63, 3.8) is 0 Å². The minimum Gasteiger partial charge on any atom is -0.465 e. The zero-order valence-corrected chi connectivity index (χ0v) is 13.3. The zero-order chi connectivity index (χ0) is 15.6. The molecular formula is C13H14N2O4S2. The number of carbonyl (C=O) groups is 1. The number of nitrogens with one attached hydrogen (secondary N) is 1. The fourth-order valence-electron chi connectivity index (χ4n) is 1.79. The molecule has 0 aromatic carbocycles. The van der Waals surface area contributed by atoms with E-state index < -0.39 is 16.0 Å². The second-order valence-corrected chi connectivity index (χ2v) is 6.84. The van der Waals surface area contributed by atoms with Gasteiger partial charge in [0.1, 0.15) is 15.6 Å². The first-order valence-electron chi connectivity index (χ1n) is 5.98. The van der Waals surface area contributed by atoms with Gasteiger partial charge in [0.05, 0.1) is 7.11 Å². The number of rotatable bonds is 4. The van der Waals surface area contributed by atoms with Gasteiger partial charge in [-0.1, -0.05) is 6.07 Å². The van der Waals surface area contributed by atoms with Gasteiger partial charge in [0.25, 0.3) is 10.0 Å². The number of methoxy groups -OCH3 is 1. The summed E-state index contributed by atoms with van der Waals surface area (Å²) in [6.07, 6.45) is 0. The van der Waals surface area contributed by atoms with E-state index in [1.807, 2.05) is 0 Å². The molecule has 0 atom stereocenters. The topological polar surface area (TPSA) is 85.4 Å². The average Bonchev–Trinajstić information content (AvgIpc) is 2.80. The predicted molar refractivity (Wildman–Crippen MR) is 80.2 cm³/mol. The quantitative estimate of drug-likeness (QED) is 0.872. The first kappa shape index (κ1) is 15.5. The van der Waals surface area contributed by atoms with E-state index in [0.29, 0.717) is 11.3 Å². The Bertz CT molecular complexity index is 781. The standard InChI is InChI=1S/C13H14N2O4S2/c1-8-7-20-11(13(16)19-3)12(8)21(17,18)15-10-6-4-5-9(2)14-10/h4-7H,1-3H3,(H,14,15). The Labute approximate surface area is 126 Å². The van der Waals surface area contributed by atoms with Crippen LogP contribution in [0.2, 0.25) is 0 Å². The minimum atomic E-state index is -3.91. The van der Waals surface area contributed by atoms with Crippen LogP contribution in [0.1, 0.15) is 20.9 Å². The Kier molecular flexibility index (Phi) is 4.29. The van der Waals surface area contributed by atoms with Gasteiger partial charge in [0.2, 0.25) is 0 Å². The number of sulfonamides is 1. The molecule has 2 rings (SSSR count). The third-order valence-electron chi connectivity index (χ3n) is 2.68. The van der Waals surface area contributed by atoms with Crippen molar-refractivity contribution in [2.75, 3.05) is 11.8 Å². The molecular weight excluding hydrogens is 312 g/mol. The monoisotopic (exact) mass is 326 g/mol. The second kappa shape index (κ2) is 5.82. The molecule has 0 radical (unpaired) electrons. The van der Waals surface area contributed by atoms with Gasteiger partial charge < -0.3 is 4.74 Å². The zero-order valence-electron chi connectivity index (χ0n) is 11.7. The summed E-state index contributed by atoms with van der Waals surface area (Å²) in [5.41, 5.74) is 1.17. The van der Waals surface area contributed by atoms with Crippen molar-refractivity contribution >= 4 is 33.1 Å². The molecule has 2 aromatic heterocycles. The molecule has 21 heavy (non-hydrogen) atoms. The van der Waals surface area contributed by atoms with Crippen molar-refractivity contribution in [2.45, 2.75) is 18.7 Å². The molecule has 0 amide bonds. The summed E-state index contributed by atoms with van der Waals surface area (Å²) in [7, 11) is -2.69. The second-order valence-electron chi connectivity index (χ2n) is 4.34. The summed E-state index contributed by atoms with van der Waals surface area (Å²) in [4.78, 5) is 15.8. The summed E-state index contributed by atoms with van der Waals surface area (Å²) >= 11 is 1.04. The number of hydrogen-bond acceptors (Lipinski definition) is 6. The molecule has 2 heterocycles. The third kappa shape index (κ3) is 3.22. The lowest BCUT2D eigenvalue weighted by Gasteiger charge is -2.09. The molecule has 8 heteroatoms. The number of thiophene rings is 1. The highest BCUT2D eigenvalue weighted by Gasteiger charge is 2.27. The Morgan fingerprint density at radius 3 is 2.67 bits per heavy atom. The number of ether oxygens (including phenoxy) is 1. The van der Waals surface area contributed by atoms with E-state index in [1.54, 1.807) is 37.4 Å². The SMILES string of the molecule is COC(=O)c1scc(C)c1S(=O)(=O)Nc1cccc(C)n1. The number of aryl methyl sites for hydroxylation is 2. The van der Waals surface area contributed by atoms with Gasteiger partial charge in [0, 0.05) is 5.69 Å². The van der Waals surface area contributed by atoms with Crippen LogP contribution in [0.15, 0.2) is 28.5 Å².